The molecule has 5 rings (SSSR count). The molecule has 5 unspecified atom stereocenters. The third-order valence-corrected chi connectivity index (χ3v) is 7.27. The van der Waals surface area contributed by atoms with E-state index in [0.717, 1.165) is 16.9 Å². The molecule has 1 aliphatic carbocycles. The van der Waals surface area contributed by atoms with Gasteiger partial charge in [0, 0.05) is 30.6 Å². The van der Waals surface area contributed by atoms with Crippen LogP contribution in [0.2, 0.25) is 0 Å². The lowest BCUT2D eigenvalue weighted by Gasteiger charge is -2.36. The summed E-state index contributed by atoms with van der Waals surface area (Å²) in [4.78, 5) is 12.8. The van der Waals surface area contributed by atoms with Crippen molar-refractivity contribution < 1.29 is 45.4 Å². The first kappa shape index (κ1) is 22.1. The summed E-state index contributed by atoms with van der Waals surface area (Å²) in [5.41, 5.74) is -3.28. The van der Waals surface area contributed by atoms with Crippen molar-refractivity contribution in [1.29, 1.82) is 0 Å². The number of amides is 1. The molecule has 0 spiro atoms. The lowest BCUT2D eigenvalue weighted by Crippen LogP contribution is -2.50. The van der Waals surface area contributed by atoms with Crippen molar-refractivity contribution in [2.24, 2.45) is 18.2 Å². The average molecular weight is 479 g/mol. The van der Waals surface area contributed by atoms with E-state index < -0.39 is 69.5 Å². The standard InChI is InChI=1S/C20H16F7N3O3/c1-30-6-10(13(29-30)20(25,26)27)16-7-17(16,15(28)32)18(5-12(31)14(16)33-18)8-2-3-9(11(21)4-8)19(22,23)24/h2-4,6,12,14,31H,5,7H2,1H3,(H2,28,32). The van der Waals surface area contributed by atoms with Crippen LogP contribution in [-0.4, -0.2) is 33.0 Å². The number of primary amides is 1. The van der Waals surface area contributed by atoms with Crippen LogP contribution in [0.1, 0.15) is 35.2 Å². The number of carbonyl (C=O) groups is 1. The molecule has 1 amide bonds. The number of aliphatic hydroxyl groups is 1. The first-order valence-corrected chi connectivity index (χ1v) is 9.76. The quantitative estimate of drug-likeness (QED) is 0.663. The summed E-state index contributed by atoms with van der Waals surface area (Å²) in [6, 6.07) is 1.89. The molecule has 33 heavy (non-hydrogen) atoms. The van der Waals surface area contributed by atoms with Gasteiger partial charge in [0.1, 0.15) is 11.4 Å². The van der Waals surface area contributed by atoms with E-state index in [0.29, 0.717) is 12.1 Å². The zero-order chi connectivity index (χ0) is 24.4. The smallest absolute Gasteiger partial charge is 0.390 e. The van der Waals surface area contributed by atoms with Crippen LogP contribution in [0.4, 0.5) is 30.7 Å². The minimum absolute atomic E-state index is 0.217. The van der Waals surface area contributed by atoms with Crippen molar-refractivity contribution >= 4 is 5.91 Å². The van der Waals surface area contributed by atoms with E-state index in [9.17, 15) is 40.6 Å². The number of ether oxygens (including phenoxy) is 1. The summed E-state index contributed by atoms with van der Waals surface area (Å²) in [6.45, 7) is 0. The van der Waals surface area contributed by atoms with Crippen LogP contribution in [0.15, 0.2) is 24.4 Å². The highest BCUT2D eigenvalue weighted by Crippen LogP contribution is 2.84. The van der Waals surface area contributed by atoms with E-state index in [1.54, 1.807) is 0 Å². The van der Waals surface area contributed by atoms with Crippen LogP contribution < -0.4 is 5.73 Å². The second-order valence-electron chi connectivity index (χ2n) is 8.81. The molecular weight excluding hydrogens is 463 g/mol. The van der Waals surface area contributed by atoms with Gasteiger partial charge in [-0.05, 0) is 24.1 Å². The highest BCUT2D eigenvalue weighted by molar-refractivity contribution is 5.91. The summed E-state index contributed by atoms with van der Waals surface area (Å²) >= 11 is 0. The van der Waals surface area contributed by atoms with Crippen LogP contribution in [-0.2, 0) is 39.9 Å². The van der Waals surface area contributed by atoms with Gasteiger partial charge in [0.25, 0.3) is 0 Å². The van der Waals surface area contributed by atoms with Crippen LogP contribution in [0.3, 0.4) is 0 Å². The summed E-state index contributed by atoms with van der Waals surface area (Å²) in [5.74, 6) is -2.71. The molecule has 13 heteroatoms. The van der Waals surface area contributed by atoms with Crippen LogP contribution in [0, 0.1) is 11.2 Å². The zero-order valence-corrected chi connectivity index (χ0v) is 16.8. The molecule has 1 aromatic carbocycles. The van der Waals surface area contributed by atoms with Crippen molar-refractivity contribution in [2.75, 3.05) is 0 Å². The fraction of sp³-hybridized carbons (Fsp3) is 0.500. The van der Waals surface area contributed by atoms with Gasteiger partial charge >= 0.3 is 12.4 Å². The molecule has 3 fully saturated rings. The molecule has 2 saturated heterocycles. The summed E-state index contributed by atoms with van der Waals surface area (Å²) in [7, 11) is 1.25. The number of nitrogens with zero attached hydrogens (tertiary/aromatic N) is 2. The second-order valence-corrected chi connectivity index (χ2v) is 8.81. The third-order valence-electron chi connectivity index (χ3n) is 7.27. The molecular formula is C20H16F7N3O3. The van der Waals surface area contributed by atoms with Crippen molar-refractivity contribution in [2.45, 2.75) is 48.4 Å². The topological polar surface area (TPSA) is 90.4 Å². The predicted molar refractivity (Wildman–Crippen MR) is 94.7 cm³/mol. The summed E-state index contributed by atoms with van der Waals surface area (Å²) < 4.78 is 102. The molecule has 5 atom stereocenters. The monoisotopic (exact) mass is 479 g/mol. The average Bonchev–Trinajstić information content (AvgIpc) is 2.92. The maximum atomic E-state index is 14.4. The first-order valence-electron chi connectivity index (χ1n) is 9.76. The van der Waals surface area contributed by atoms with E-state index in [4.69, 9.17) is 10.5 Å². The van der Waals surface area contributed by atoms with E-state index >= 15 is 0 Å². The van der Waals surface area contributed by atoms with Crippen molar-refractivity contribution in [3.8, 4) is 0 Å². The number of carbonyl (C=O) groups excluding carboxylic acids is 1. The van der Waals surface area contributed by atoms with Gasteiger partial charge in [0.2, 0.25) is 5.91 Å². The number of aromatic nitrogens is 2. The van der Waals surface area contributed by atoms with Crippen LogP contribution >= 0.6 is 0 Å². The number of hydrogen-bond donors (Lipinski definition) is 2. The molecule has 3 aliphatic rings. The maximum absolute atomic E-state index is 14.4. The number of nitrogens with two attached hydrogens (primary N) is 1. The highest BCUT2D eigenvalue weighted by atomic mass is 19.4. The van der Waals surface area contributed by atoms with Gasteiger partial charge < -0.3 is 15.6 Å². The molecule has 2 aliphatic heterocycles. The SMILES string of the molecule is Cn1cc(C23CC2(C(N)=O)C2(c4ccc(C(F)(F)F)c(F)c4)CC(O)C3O2)c(C(F)(F)F)n1. The minimum atomic E-state index is -4.99. The Morgan fingerprint density at radius 2 is 1.91 bits per heavy atom. The van der Waals surface area contributed by atoms with Crippen LogP contribution in [0.25, 0.3) is 0 Å². The zero-order valence-electron chi connectivity index (χ0n) is 16.8. The van der Waals surface area contributed by atoms with E-state index in [-0.39, 0.29) is 18.4 Å². The molecule has 6 nitrogen and oxygen atoms in total. The molecule has 3 N–H and O–H groups in total. The van der Waals surface area contributed by atoms with Gasteiger partial charge in [0.05, 0.1) is 23.2 Å². The normalized spacial score (nSPS) is 35.1. The Balaban J connectivity index is 1.73. The van der Waals surface area contributed by atoms with Crippen molar-refractivity contribution in [1.82, 2.24) is 9.78 Å². The Morgan fingerprint density at radius 3 is 2.45 bits per heavy atom. The van der Waals surface area contributed by atoms with Gasteiger partial charge in [-0.1, -0.05) is 6.07 Å². The third kappa shape index (κ3) is 2.46. The fourth-order valence-electron chi connectivity index (χ4n) is 6.11. The molecule has 0 radical (unpaired) electrons. The molecule has 1 aromatic heterocycles. The van der Waals surface area contributed by atoms with Gasteiger partial charge in [0.15, 0.2) is 5.69 Å². The Morgan fingerprint density at radius 1 is 1.24 bits per heavy atom. The van der Waals surface area contributed by atoms with Gasteiger partial charge in [-0.2, -0.15) is 31.4 Å². The number of aliphatic hydroxyl groups excluding tert-OH is 1. The summed E-state index contributed by atoms with van der Waals surface area (Å²) in [6.07, 6.45) is -12.2. The molecule has 3 heterocycles. The van der Waals surface area contributed by atoms with E-state index in [2.05, 4.69) is 5.10 Å². The van der Waals surface area contributed by atoms with Gasteiger partial charge in [-0.15, -0.1) is 0 Å². The molecule has 2 bridgehead atoms. The Bertz CT molecular complexity index is 1190. The first-order chi connectivity index (χ1) is 15.1. The predicted octanol–water partition coefficient (Wildman–Crippen LogP) is 2.77. The molecule has 1 saturated carbocycles. The number of halogens is 7. The largest absolute Gasteiger partial charge is 0.435 e. The second kappa shape index (κ2) is 6.06. The van der Waals surface area contributed by atoms with Crippen LogP contribution in [0.5, 0.6) is 0 Å². The number of aryl methyl sites for hydroxylation is 1. The maximum Gasteiger partial charge on any atom is 0.435 e. The lowest BCUT2D eigenvalue weighted by molar-refractivity contribution is -0.143. The number of hydrogen-bond acceptors (Lipinski definition) is 4. The highest BCUT2D eigenvalue weighted by Gasteiger charge is 2.93. The lowest BCUT2D eigenvalue weighted by atomic mass is 9.65. The van der Waals surface area contributed by atoms with Gasteiger partial charge in [-0.3, -0.25) is 9.48 Å². The fourth-order valence-corrected chi connectivity index (χ4v) is 6.11. The number of fused-ring (bicyclic) bond motifs is 5. The van der Waals surface area contributed by atoms with Crippen molar-refractivity contribution in [3.63, 3.8) is 0 Å². The van der Waals surface area contributed by atoms with Crippen molar-refractivity contribution in [3.05, 3.63) is 52.6 Å². The summed E-state index contributed by atoms with van der Waals surface area (Å²) in [5, 5.41) is 14.1. The van der Waals surface area contributed by atoms with Gasteiger partial charge in [-0.25, -0.2) is 4.39 Å². The van der Waals surface area contributed by atoms with E-state index in [1.165, 1.54) is 7.05 Å². The van der Waals surface area contributed by atoms with E-state index in [1.807, 2.05) is 0 Å². The Labute approximate surface area is 181 Å². The molecule has 178 valence electrons. The number of rotatable bonds is 3. The number of benzene rings is 1. The Kier molecular flexibility index (Phi) is 4.06. The molecule has 2 aromatic rings. The Hall–Kier alpha value is -2.67. The minimum Gasteiger partial charge on any atom is -0.390 e. The number of alkyl halides is 6.